The van der Waals surface area contributed by atoms with Crippen LogP contribution in [0.5, 0.6) is 0 Å². The summed E-state index contributed by atoms with van der Waals surface area (Å²) in [6.07, 6.45) is -2.23. The molecule has 0 aromatic heterocycles. The SMILES string of the molecule is CCCC(N)(C(=S)OC(C)C)C(F)F. The zero-order valence-corrected chi connectivity index (χ0v) is 9.54. The third kappa shape index (κ3) is 3.46. The number of rotatable bonds is 5. The topological polar surface area (TPSA) is 35.2 Å². The Morgan fingerprint density at radius 1 is 1.50 bits per heavy atom. The van der Waals surface area contributed by atoms with Crippen LogP contribution < -0.4 is 5.73 Å². The standard InChI is InChI=1S/C9H17F2NOS/c1-4-5-9(12,7(10)11)8(14)13-6(2)3/h6-7H,4-5,12H2,1-3H3. The molecular weight excluding hydrogens is 208 g/mol. The van der Waals surface area contributed by atoms with Crippen LogP contribution in [0.15, 0.2) is 0 Å². The third-order valence-corrected chi connectivity index (χ3v) is 2.25. The molecule has 0 aliphatic carbocycles. The highest BCUT2D eigenvalue weighted by atomic mass is 32.1. The normalized spacial score (nSPS) is 15.7. The van der Waals surface area contributed by atoms with Gasteiger partial charge in [0.15, 0.2) is 5.05 Å². The van der Waals surface area contributed by atoms with Gasteiger partial charge in [-0.1, -0.05) is 13.3 Å². The molecule has 0 bridgehead atoms. The van der Waals surface area contributed by atoms with E-state index in [0.717, 1.165) is 0 Å². The first-order valence-electron chi connectivity index (χ1n) is 4.62. The van der Waals surface area contributed by atoms with Crippen LogP contribution >= 0.6 is 12.2 Å². The van der Waals surface area contributed by atoms with Crippen molar-refractivity contribution in [3.05, 3.63) is 0 Å². The van der Waals surface area contributed by atoms with Crippen molar-refractivity contribution in [2.24, 2.45) is 5.73 Å². The van der Waals surface area contributed by atoms with Crippen molar-refractivity contribution < 1.29 is 13.5 Å². The minimum Gasteiger partial charge on any atom is -0.482 e. The molecule has 0 heterocycles. The van der Waals surface area contributed by atoms with E-state index < -0.39 is 12.0 Å². The van der Waals surface area contributed by atoms with E-state index in [-0.39, 0.29) is 17.6 Å². The Labute approximate surface area is 88.8 Å². The van der Waals surface area contributed by atoms with Gasteiger partial charge >= 0.3 is 0 Å². The largest absolute Gasteiger partial charge is 0.482 e. The molecule has 0 aromatic rings. The maximum Gasteiger partial charge on any atom is 0.264 e. The van der Waals surface area contributed by atoms with E-state index in [9.17, 15) is 8.78 Å². The Bertz CT molecular complexity index is 199. The monoisotopic (exact) mass is 225 g/mol. The first-order chi connectivity index (χ1) is 6.34. The van der Waals surface area contributed by atoms with E-state index in [4.69, 9.17) is 22.7 Å². The fourth-order valence-corrected chi connectivity index (χ4v) is 1.42. The van der Waals surface area contributed by atoms with Gasteiger partial charge in [0.2, 0.25) is 0 Å². The number of ether oxygens (including phenoxy) is 1. The van der Waals surface area contributed by atoms with E-state index in [2.05, 4.69) is 0 Å². The van der Waals surface area contributed by atoms with Gasteiger partial charge in [-0.2, -0.15) is 0 Å². The van der Waals surface area contributed by atoms with Crippen LogP contribution in [0.2, 0.25) is 0 Å². The lowest BCUT2D eigenvalue weighted by Crippen LogP contribution is -2.54. The van der Waals surface area contributed by atoms with Crippen LogP contribution in [0.4, 0.5) is 8.78 Å². The molecule has 1 unspecified atom stereocenters. The van der Waals surface area contributed by atoms with Crippen LogP contribution in [0.3, 0.4) is 0 Å². The lowest BCUT2D eigenvalue weighted by Gasteiger charge is -2.29. The van der Waals surface area contributed by atoms with E-state index in [0.29, 0.717) is 6.42 Å². The maximum atomic E-state index is 12.7. The molecule has 5 heteroatoms. The summed E-state index contributed by atoms with van der Waals surface area (Å²) in [5.74, 6) is 0. The lowest BCUT2D eigenvalue weighted by molar-refractivity contribution is 0.0664. The second kappa shape index (κ2) is 5.56. The Balaban J connectivity index is 4.56. The number of halogens is 2. The molecule has 0 saturated carbocycles. The summed E-state index contributed by atoms with van der Waals surface area (Å²) in [6.45, 7) is 5.23. The molecule has 2 nitrogen and oxygen atoms in total. The van der Waals surface area contributed by atoms with Gasteiger partial charge < -0.3 is 10.5 Å². The van der Waals surface area contributed by atoms with Crippen molar-refractivity contribution in [3.63, 3.8) is 0 Å². The molecule has 0 aromatic carbocycles. The molecule has 0 radical (unpaired) electrons. The summed E-state index contributed by atoms with van der Waals surface area (Å²) in [4.78, 5) is 0. The summed E-state index contributed by atoms with van der Waals surface area (Å²) >= 11 is 4.78. The second-order valence-electron chi connectivity index (χ2n) is 3.55. The summed E-state index contributed by atoms with van der Waals surface area (Å²) in [6, 6.07) is 0. The number of nitrogens with two attached hydrogens (primary N) is 1. The highest BCUT2D eigenvalue weighted by molar-refractivity contribution is 7.80. The average Bonchev–Trinajstić information content (AvgIpc) is 2.02. The van der Waals surface area contributed by atoms with Gasteiger partial charge in [0.05, 0.1) is 6.10 Å². The van der Waals surface area contributed by atoms with Crippen molar-refractivity contribution in [3.8, 4) is 0 Å². The predicted octanol–water partition coefficient (Wildman–Crippen LogP) is 2.50. The van der Waals surface area contributed by atoms with E-state index in [1.54, 1.807) is 20.8 Å². The zero-order chi connectivity index (χ0) is 11.4. The molecule has 14 heavy (non-hydrogen) atoms. The summed E-state index contributed by atoms with van der Waals surface area (Å²) in [5, 5.41) is -0.190. The molecule has 0 amide bonds. The Hall–Kier alpha value is -0.290. The third-order valence-electron chi connectivity index (χ3n) is 1.78. The van der Waals surface area contributed by atoms with Gasteiger partial charge in [0, 0.05) is 0 Å². The molecule has 0 aliphatic rings. The fraction of sp³-hybridized carbons (Fsp3) is 0.889. The smallest absolute Gasteiger partial charge is 0.264 e. The molecule has 0 spiro atoms. The maximum absolute atomic E-state index is 12.7. The van der Waals surface area contributed by atoms with Crippen LogP contribution in [0, 0.1) is 0 Å². The van der Waals surface area contributed by atoms with Gasteiger partial charge in [-0.3, -0.25) is 0 Å². The van der Waals surface area contributed by atoms with Crippen LogP contribution in [-0.4, -0.2) is 23.1 Å². The highest BCUT2D eigenvalue weighted by Crippen LogP contribution is 2.22. The van der Waals surface area contributed by atoms with Crippen molar-refractivity contribution in [1.29, 1.82) is 0 Å². The van der Waals surface area contributed by atoms with Crippen molar-refractivity contribution in [2.75, 3.05) is 0 Å². The van der Waals surface area contributed by atoms with E-state index >= 15 is 0 Å². The number of hydrogen-bond donors (Lipinski definition) is 1. The minimum absolute atomic E-state index is 0.135. The van der Waals surface area contributed by atoms with Crippen LogP contribution in [0.25, 0.3) is 0 Å². The van der Waals surface area contributed by atoms with Gasteiger partial charge in [0.1, 0.15) is 5.54 Å². The van der Waals surface area contributed by atoms with Gasteiger partial charge in [-0.05, 0) is 32.5 Å². The molecule has 84 valence electrons. The van der Waals surface area contributed by atoms with Crippen molar-refractivity contribution >= 4 is 17.3 Å². The average molecular weight is 225 g/mol. The van der Waals surface area contributed by atoms with Gasteiger partial charge in [-0.15, -0.1) is 0 Å². The molecule has 0 fully saturated rings. The Morgan fingerprint density at radius 2 is 2.00 bits per heavy atom. The van der Waals surface area contributed by atoms with Crippen molar-refractivity contribution in [1.82, 2.24) is 0 Å². The summed E-state index contributed by atoms with van der Waals surface area (Å²) in [7, 11) is 0. The van der Waals surface area contributed by atoms with Crippen LogP contribution in [-0.2, 0) is 4.74 Å². The Kier molecular flexibility index (Phi) is 5.44. The Morgan fingerprint density at radius 3 is 2.29 bits per heavy atom. The van der Waals surface area contributed by atoms with Crippen LogP contribution in [0.1, 0.15) is 33.6 Å². The molecule has 0 aliphatic heterocycles. The predicted molar refractivity (Wildman–Crippen MR) is 56.6 cm³/mol. The number of hydrogen-bond acceptors (Lipinski definition) is 3. The number of alkyl halides is 2. The fourth-order valence-electron chi connectivity index (χ4n) is 1.04. The molecular formula is C9H17F2NOS. The minimum atomic E-state index is -2.69. The van der Waals surface area contributed by atoms with E-state index in [1.807, 2.05) is 0 Å². The molecule has 0 rings (SSSR count). The first kappa shape index (κ1) is 13.7. The zero-order valence-electron chi connectivity index (χ0n) is 8.72. The van der Waals surface area contributed by atoms with Crippen molar-refractivity contribution in [2.45, 2.75) is 51.7 Å². The van der Waals surface area contributed by atoms with E-state index in [1.165, 1.54) is 0 Å². The van der Waals surface area contributed by atoms with Gasteiger partial charge in [-0.25, -0.2) is 8.78 Å². The molecule has 0 saturated heterocycles. The van der Waals surface area contributed by atoms with Gasteiger partial charge in [0.25, 0.3) is 6.43 Å². The quantitative estimate of drug-likeness (QED) is 0.730. The molecule has 1 atom stereocenters. The lowest BCUT2D eigenvalue weighted by atomic mass is 9.96. The summed E-state index contributed by atoms with van der Waals surface area (Å²) in [5.41, 5.74) is 3.74. The highest BCUT2D eigenvalue weighted by Gasteiger charge is 2.41. The second-order valence-corrected chi connectivity index (χ2v) is 3.92. The number of thiocarbonyl (C=S) groups is 1. The molecule has 2 N–H and O–H groups in total. The summed E-state index contributed by atoms with van der Waals surface area (Å²) < 4.78 is 30.4. The first-order valence-corrected chi connectivity index (χ1v) is 5.03.